The predicted molar refractivity (Wildman–Crippen MR) is 107 cm³/mol. The number of carbonyl (C=O) groups excluding carboxylic acids is 1. The summed E-state index contributed by atoms with van der Waals surface area (Å²) in [6.45, 7) is 2.01. The fourth-order valence-corrected chi connectivity index (χ4v) is 3.58. The van der Waals surface area contributed by atoms with Crippen LogP contribution in [0.3, 0.4) is 0 Å². The van der Waals surface area contributed by atoms with Gasteiger partial charge < -0.3 is 14.2 Å². The predicted octanol–water partition coefficient (Wildman–Crippen LogP) is 3.74. The van der Waals surface area contributed by atoms with E-state index < -0.39 is 0 Å². The summed E-state index contributed by atoms with van der Waals surface area (Å²) in [6.07, 6.45) is 7.57. The van der Waals surface area contributed by atoms with E-state index in [1.807, 2.05) is 19.1 Å². The van der Waals surface area contributed by atoms with Crippen molar-refractivity contribution in [3.63, 3.8) is 0 Å². The van der Waals surface area contributed by atoms with Crippen LogP contribution in [0.2, 0.25) is 0 Å². The van der Waals surface area contributed by atoms with Gasteiger partial charge in [0.1, 0.15) is 11.2 Å². The quantitative estimate of drug-likeness (QED) is 0.788. The number of hydrogen-bond acceptors (Lipinski definition) is 5. The minimum Gasteiger partial charge on any atom is -0.496 e. The summed E-state index contributed by atoms with van der Waals surface area (Å²) < 4.78 is 17.7. The van der Waals surface area contributed by atoms with Gasteiger partial charge in [-0.1, -0.05) is 19.3 Å². The van der Waals surface area contributed by atoms with Gasteiger partial charge >= 0.3 is 0 Å². The van der Waals surface area contributed by atoms with Crippen LogP contribution in [0.25, 0.3) is 0 Å². The van der Waals surface area contributed by atoms with Crippen molar-refractivity contribution in [2.75, 3.05) is 21.3 Å². The van der Waals surface area contributed by atoms with Crippen LogP contribution in [-0.4, -0.2) is 37.8 Å². The summed E-state index contributed by atoms with van der Waals surface area (Å²) in [4.78, 5) is 18.3. The van der Waals surface area contributed by atoms with Crippen molar-refractivity contribution in [1.82, 2.24) is 4.57 Å². The summed E-state index contributed by atoms with van der Waals surface area (Å²) in [7, 11) is 4.63. The molecule has 3 rings (SSSR count). The third kappa shape index (κ3) is 4.21. The number of carbonyl (C=O) groups is 1. The molecular weight excluding hydrogens is 356 g/mol. The molecular formula is C22H28N2O4. The molecule has 1 saturated carbocycles. The van der Waals surface area contributed by atoms with Crippen LogP contribution < -0.4 is 19.7 Å². The minimum absolute atomic E-state index is 0.215. The summed E-state index contributed by atoms with van der Waals surface area (Å²) in [5.41, 5.74) is 2.14. The smallest absolute Gasteiger partial charge is 0.267 e. The molecule has 6 heteroatoms. The molecule has 0 spiro atoms. The van der Waals surface area contributed by atoms with E-state index in [0.717, 1.165) is 18.4 Å². The lowest BCUT2D eigenvalue weighted by Crippen LogP contribution is -2.30. The largest absolute Gasteiger partial charge is 0.496 e. The van der Waals surface area contributed by atoms with E-state index in [0.29, 0.717) is 28.3 Å². The topological polar surface area (TPSA) is 62.0 Å². The monoisotopic (exact) mass is 384 g/mol. The second-order valence-electron chi connectivity index (χ2n) is 7.07. The normalized spacial score (nSPS) is 15.4. The van der Waals surface area contributed by atoms with Gasteiger partial charge in [0.05, 0.1) is 32.9 Å². The van der Waals surface area contributed by atoms with Gasteiger partial charge in [0, 0.05) is 18.3 Å². The van der Waals surface area contributed by atoms with Gasteiger partial charge in [-0.2, -0.15) is 0 Å². The van der Waals surface area contributed by atoms with E-state index in [1.54, 1.807) is 37.1 Å². The molecule has 0 unspecified atom stereocenters. The molecule has 1 heterocycles. The van der Waals surface area contributed by atoms with Crippen LogP contribution in [0.15, 0.2) is 35.5 Å². The number of nitrogens with zero attached hydrogens (tertiary/aromatic N) is 2. The highest BCUT2D eigenvalue weighted by atomic mass is 16.5. The van der Waals surface area contributed by atoms with Crippen molar-refractivity contribution in [1.29, 1.82) is 0 Å². The first-order chi connectivity index (χ1) is 13.6. The summed E-state index contributed by atoms with van der Waals surface area (Å²) in [5.74, 6) is 1.20. The molecule has 0 saturated heterocycles. The number of rotatable bonds is 5. The van der Waals surface area contributed by atoms with Crippen molar-refractivity contribution in [3.05, 3.63) is 47.1 Å². The second-order valence-corrected chi connectivity index (χ2v) is 7.07. The van der Waals surface area contributed by atoms with Crippen LogP contribution >= 0.6 is 0 Å². The number of pyridine rings is 1. The molecule has 1 fully saturated rings. The maximum atomic E-state index is 13.4. The highest BCUT2D eigenvalue weighted by molar-refractivity contribution is 5.99. The Labute approximate surface area is 165 Å². The average Bonchev–Trinajstić information content (AvgIpc) is 2.73. The molecule has 0 radical (unpaired) electrons. The van der Waals surface area contributed by atoms with Gasteiger partial charge in [-0.05, 0) is 37.5 Å². The van der Waals surface area contributed by atoms with E-state index in [-0.39, 0.29) is 11.9 Å². The Bertz CT molecular complexity index is 911. The Kier molecular flexibility index (Phi) is 6.39. The van der Waals surface area contributed by atoms with Crippen molar-refractivity contribution >= 4 is 5.91 Å². The van der Waals surface area contributed by atoms with Crippen LogP contribution in [0.4, 0.5) is 0 Å². The first-order valence-electron chi connectivity index (χ1n) is 9.65. The molecule has 2 aromatic rings. The average molecular weight is 384 g/mol. The summed E-state index contributed by atoms with van der Waals surface area (Å²) in [5, 5.41) is 0. The second kappa shape index (κ2) is 8.95. The Balaban J connectivity index is 2.09. The SMILES string of the molecule is COc1cc(OC)c(C(=O)n2ccc(C)cc2=NC2CCCCC2)cc1OC. The molecule has 0 N–H and O–H groups in total. The van der Waals surface area contributed by atoms with E-state index in [1.165, 1.54) is 26.4 Å². The number of methoxy groups -OCH3 is 3. The Morgan fingerprint density at radius 2 is 1.61 bits per heavy atom. The number of aryl methyl sites for hydroxylation is 1. The Morgan fingerprint density at radius 1 is 0.964 bits per heavy atom. The fraction of sp³-hybridized carbons (Fsp3) is 0.455. The Morgan fingerprint density at radius 3 is 2.25 bits per heavy atom. The third-order valence-electron chi connectivity index (χ3n) is 5.13. The molecule has 0 bridgehead atoms. The number of benzene rings is 1. The fourth-order valence-electron chi connectivity index (χ4n) is 3.58. The van der Waals surface area contributed by atoms with Crippen molar-refractivity contribution in [2.24, 2.45) is 4.99 Å². The first kappa shape index (κ1) is 20.0. The molecule has 150 valence electrons. The maximum absolute atomic E-state index is 13.4. The zero-order valence-electron chi connectivity index (χ0n) is 17.0. The van der Waals surface area contributed by atoms with E-state index >= 15 is 0 Å². The van der Waals surface area contributed by atoms with Crippen LogP contribution in [-0.2, 0) is 0 Å². The molecule has 6 nitrogen and oxygen atoms in total. The molecule has 1 aliphatic carbocycles. The number of ether oxygens (including phenoxy) is 3. The van der Waals surface area contributed by atoms with E-state index in [9.17, 15) is 4.79 Å². The molecule has 0 amide bonds. The summed E-state index contributed by atoms with van der Waals surface area (Å²) >= 11 is 0. The van der Waals surface area contributed by atoms with E-state index in [2.05, 4.69) is 0 Å². The summed E-state index contributed by atoms with van der Waals surface area (Å²) in [6, 6.07) is 7.45. The van der Waals surface area contributed by atoms with Crippen molar-refractivity contribution < 1.29 is 19.0 Å². The van der Waals surface area contributed by atoms with E-state index in [4.69, 9.17) is 19.2 Å². The maximum Gasteiger partial charge on any atom is 0.267 e. The highest BCUT2D eigenvalue weighted by Crippen LogP contribution is 2.34. The van der Waals surface area contributed by atoms with Crippen LogP contribution in [0.5, 0.6) is 17.2 Å². The van der Waals surface area contributed by atoms with Gasteiger partial charge in [-0.3, -0.25) is 14.4 Å². The molecule has 28 heavy (non-hydrogen) atoms. The Hall–Kier alpha value is -2.76. The first-order valence-corrected chi connectivity index (χ1v) is 9.65. The van der Waals surface area contributed by atoms with Crippen LogP contribution in [0.1, 0.15) is 48.0 Å². The standard InChI is InChI=1S/C22H28N2O4/c1-15-10-11-24(21(12-15)23-16-8-6-5-7-9-16)22(25)17-13-19(27-3)20(28-4)14-18(17)26-2/h10-14,16H,5-9H2,1-4H3. The lowest BCUT2D eigenvalue weighted by atomic mass is 9.96. The lowest BCUT2D eigenvalue weighted by Gasteiger charge is -2.18. The van der Waals surface area contributed by atoms with Gasteiger partial charge in [0.2, 0.25) is 0 Å². The zero-order valence-corrected chi connectivity index (χ0v) is 17.0. The lowest BCUT2D eigenvalue weighted by molar-refractivity contribution is 0.0951. The van der Waals surface area contributed by atoms with Gasteiger partial charge in [-0.15, -0.1) is 0 Å². The van der Waals surface area contributed by atoms with Gasteiger partial charge in [-0.25, -0.2) is 0 Å². The highest BCUT2D eigenvalue weighted by Gasteiger charge is 2.20. The number of hydrogen-bond donors (Lipinski definition) is 0. The molecule has 0 aliphatic heterocycles. The van der Waals surface area contributed by atoms with Gasteiger partial charge in [0.15, 0.2) is 11.5 Å². The molecule has 1 aromatic carbocycles. The third-order valence-corrected chi connectivity index (χ3v) is 5.13. The van der Waals surface area contributed by atoms with Gasteiger partial charge in [0.25, 0.3) is 5.91 Å². The number of aromatic nitrogens is 1. The zero-order chi connectivity index (χ0) is 20.1. The molecule has 1 aliphatic rings. The molecule has 0 atom stereocenters. The van der Waals surface area contributed by atoms with Crippen molar-refractivity contribution in [2.45, 2.75) is 45.1 Å². The minimum atomic E-state index is -0.215. The van der Waals surface area contributed by atoms with Crippen molar-refractivity contribution in [3.8, 4) is 17.2 Å². The molecule has 1 aromatic heterocycles. The van der Waals surface area contributed by atoms with Crippen LogP contribution in [0, 0.1) is 6.92 Å².